The highest BCUT2D eigenvalue weighted by Gasteiger charge is 2.07. The molecule has 0 fully saturated rings. The van der Waals surface area contributed by atoms with E-state index in [9.17, 15) is 4.79 Å². The third-order valence-electron chi connectivity index (χ3n) is 1.88. The molecule has 1 aromatic rings. The van der Waals surface area contributed by atoms with Gasteiger partial charge in [0.1, 0.15) is 11.6 Å². The number of carbonyl (C=O) groups is 1. The first-order valence-corrected chi connectivity index (χ1v) is 4.80. The van der Waals surface area contributed by atoms with Gasteiger partial charge in [0.15, 0.2) is 0 Å². The highest BCUT2D eigenvalue weighted by molar-refractivity contribution is 6.01. The number of rotatable bonds is 5. The lowest BCUT2D eigenvalue weighted by molar-refractivity contribution is -0.117. The Morgan fingerprint density at radius 1 is 1.75 bits per heavy atom. The Morgan fingerprint density at radius 2 is 2.56 bits per heavy atom. The normalized spacial score (nSPS) is 10.9. The Kier molecular flexibility index (Phi) is 4.83. The molecule has 0 unspecified atom stereocenters. The van der Waals surface area contributed by atoms with E-state index >= 15 is 0 Å². The number of hydrogen-bond donors (Lipinski definition) is 2. The van der Waals surface area contributed by atoms with Crippen LogP contribution in [0.3, 0.4) is 0 Å². The average molecular weight is 219 g/mol. The predicted molar refractivity (Wildman–Crippen MR) is 59.3 cm³/mol. The number of aromatic nitrogens is 1. The standard InChI is InChI=1S/C11H13N3O2/c1-16-6-5-14-11(15)9(8-12)7-10-3-2-4-13-10/h2-4,7,13H,5-6H2,1H3,(H,14,15)/b9-7+. The van der Waals surface area contributed by atoms with E-state index in [1.807, 2.05) is 6.07 Å². The van der Waals surface area contributed by atoms with Crippen molar-refractivity contribution in [2.45, 2.75) is 0 Å². The highest BCUT2D eigenvalue weighted by Crippen LogP contribution is 2.03. The van der Waals surface area contributed by atoms with Gasteiger partial charge in [-0.05, 0) is 18.2 Å². The minimum Gasteiger partial charge on any atom is -0.383 e. The fourth-order valence-corrected chi connectivity index (χ4v) is 1.10. The van der Waals surface area contributed by atoms with Gasteiger partial charge in [0.2, 0.25) is 0 Å². The molecule has 0 radical (unpaired) electrons. The zero-order valence-corrected chi connectivity index (χ0v) is 8.99. The predicted octanol–water partition coefficient (Wildman–Crippen LogP) is 0.684. The van der Waals surface area contributed by atoms with Crippen molar-refractivity contribution in [3.8, 4) is 6.07 Å². The maximum atomic E-state index is 11.5. The van der Waals surface area contributed by atoms with Gasteiger partial charge in [0, 0.05) is 25.5 Å². The van der Waals surface area contributed by atoms with Gasteiger partial charge in [-0.1, -0.05) is 0 Å². The molecule has 0 bridgehead atoms. The molecule has 0 aromatic carbocycles. The van der Waals surface area contributed by atoms with E-state index in [1.165, 1.54) is 6.08 Å². The maximum Gasteiger partial charge on any atom is 0.262 e. The summed E-state index contributed by atoms with van der Waals surface area (Å²) in [5.41, 5.74) is 0.789. The van der Waals surface area contributed by atoms with Crippen molar-refractivity contribution < 1.29 is 9.53 Å². The molecule has 84 valence electrons. The van der Waals surface area contributed by atoms with E-state index in [4.69, 9.17) is 10.00 Å². The van der Waals surface area contributed by atoms with Crippen molar-refractivity contribution in [1.29, 1.82) is 5.26 Å². The SMILES string of the molecule is COCCNC(=O)/C(C#N)=C/c1ccc[nH]1. The van der Waals surface area contributed by atoms with Crippen LogP contribution in [0, 0.1) is 11.3 Å². The van der Waals surface area contributed by atoms with Crippen LogP contribution >= 0.6 is 0 Å². The van der Waals surface area contributed by atoms with Crippen LogP contribution in [0.15, 0.2) is 23.9 Å². The summed E-state index contributed by atoms with van der Waals surface area (Å²) >= 11 is 0. The van der Waals surface area contributed by atoms with Gasteiger partial charge in [0.25, 0.3) is 5.91 Å². The second-order valence-corrected chi connectivity index (χ2v) is 3.04. The number of carbonyl (C=O) groups excluding carboxylic acids is 1. The van der Waals surface area contributed by atoms with Crippen LogP contribution in [0.25, 0.3) is 6.08 Å². The van der Waals surface area contributed by atoms with E-state index in [-0.39, 0.29) is 5.57 Å². The molecule has 5 nitrogen and oxygen atoms in total. The largest absolute Gasteiger partial charge is 0.383 e. The monoisotopic (exact) mass is 219 g/mol. The summed E-state index contributed by atoms with van der Waals surface area (Å²) in [5.74, 6) is -0.394. The van der Waals surface area contributed by atoms with Crippen molar-refractivity contribution in [3.63, 3.8) is 0 Å². The Hall–Kier alpha value is -2.06. The van der Waals surface area contributed by atoms with Gasteiger partial charge in [0.05, 0.1) is 6.61 Å². The Bertz CT molecular complexity index is 401. The first-order valence-electron chi connectivity index (χ1n) is 4.80. The van der Waals surface area contributed by atoms with E-state index < -0.39 is 5.91 Å². The molecule has 2 N–H and O–H groups in total. The third kappa shape index (κ3) is 3.59. The summed E-state index contributed by atoms with van der Waals surface area (Å²) in [4.78, 5) is 14.4. The highest BCUT2D eigenvalue weighted by atomic mass is 16.5. The summed E-state index contributed by atoms with van der Waals surface area (Å²) < 4.78 is 4.79. The molecule has 1 aromatic heterocycles. The van der Waals surface area contributed by atoms with E-state index in [1.54, 1.807) is 25.4 Å². The Balaban J connectivity index is 2.61. The summed E-state index contributed by atoms with van der Waals surface area (Å²) in [6.07, 6.45) is 3.23. The van der Waals surface area contributed by atoms with Crippen LogP contribution in [0.2, 0.25) is 0 Å². The molecule has 1 amide bonds. The van der Waals surface area contributed by atoms with Crippen LogP contribution in [-0.4, -0.2) is 31.2 Å². The smallest absolute Gasteiger partial charge is 0.262 e. The maximum absolute atomic E-state index is 11.5. The molecule has 0 saturated carbocycles. The zero-order valence-electron chi connectivity index (χ0n) is 8.99. The first kappa shape index (κ1) is 12.0. The van der Waals surface area contributed by atoms with Crippen LogP contribution in [0.5, 0.6) is 0 Å². The zero-order chi connectivity index (χ0) is 11.8. The second-order valence-electron chi connectivity index (χ2n) is 3.04. The number of H-pyrrole nitrogens is 1. The Labute approximate surface area is 93.7 Å². The fraction of sp³-hybridized carbons (Fsp3) is 0.273. The average Bonchev–Trinajstić information content (AvgIpc) is 2.78. The molecular formula is C11H13N3O2. The lowest BCUT2D eigenvalue weighted by Gasteiger charge is -2.02. The summed E-state index contributed by atoms with van der Waals surface area (Å²) in [6.45, 7) is 0.812. The van der Waals surface area contributed by atoms with Gasteiger partial charge in [-0.2, -0.15) is 5.26 Å². The number of aromatic amines is 1. The molecule has 5 heteroatoms. The lowest BCUT2D eigenvalue weighted by atomic mass is 10.2. The van der Waals surface area contributed by atoms with Gasteiger partial charge in [-0.25, -0.2) is 0 Å². The van der Waals surface area contributed by atoms with Gasteiger partial charge in [-0.3, -0.25) is 4.79 Å². The van der Waals surface area contributed by atoms with E-state index in [0.29, 0.717) is 13.2 Å². The summed E-state index contributed by atoms with van der Waals surface area (Å²) in [6, 6.07) is 5.43. The molecule has 0 aliphatic rings. The number of methoxy groups -OCH3 is 1. The number of hydrogen-bond acceptors (Lipinski definition) is 3. The first-order chi connectivity index (χ1) is 7.77. The third-order valence-corrected chi connectivity index (χ3v) is 1.88. The quantitative estimate of drug-likeness (QED) is 0.434. The second kappa shape index (κ2) is 6.43. The van der Waals surface area contributed by atoms with Crippen LogP contribution in [0.4, 0.5) is 0 Å². The van der Waals surface area contributed by atoms with E-state index in [2.05, 4.69) is 10.3 Å². The number of nitriles is 1. The van der Waals surface area contributed by atoms with Crippen LogP contribution in [-0.2, 0) is 9.53 Å². The topological polar surface area (TPSA) is 77.9 Å². The van der Waals surface area contributed by atoms with Crippen LogP contribution in [0.1, 0.15) is 5.69 Å². The minimum absolute atomic E-state index is 0.0681. The number of amides is 1. The molecule has 0 aliphatic heterocycles. The molecule has 16 heavy (non-hydrogen) atoms. The van der Waals surface area contributed by atoms with Gasteiger partial charge < -0.3 is 15.0 Å². The molecular weight excluding hydrogens is 206 g/mol. The van der Waals surface area contributed by atoms with Crippen molar-refractivity contribution in [2.24, 2.45) is 0 Å². The van der Waals surface area contributed by atoms with E-state index in [0.717, 1.165) is 5.69 Å². The molecule has 1 rings (SSSR count). The van der Waals surface area contributed by atoms with Crippen molar-refractivity contribution >= 4 is 12.0 Å². The number of nitrogens with one attached hydrogen (secondary N) is 2. The molecule has 0 saturated heterocycles. The minimum atomic E-state index is -0.394. The lowest BCUT2D eigenvalue weighted by Crippen LogP contribution is -2.27. The summed E-state index contributed by atoms with van der Waals surface area (Å²) in [5, 5.41) is 11.4. The molecule has 1 heterocycles. The summed E-state index contributed by atoms with van der Waals surface area (Å²) in [7, 11) is 1.55. The molecule has 0 aliphatic carbocycles. The van der Waals surface area contributed by atoms with Gasteiger partial charge in [-0.15, -0.1) is 0 Å². The van der Waals surface area contributed by atoms with Crippen molar-refractivity contribution in [2.75, 3.05) is 20.3 Å². The number of nitrogens with zero attached hydrogens (tertiary/aromatic N) is 1. The van der Waals surface area contributed by atoms with Crippen molar-refractivity contribution in [3.05, 3.63) is 29.6 Å². The molecule has 0 spiro atoms. The number of ether oxygens (including phenoxy) is 1. The van der Waals surface area contributed by atoms with Crippen LogP contribution < -0.4 is 5.32 Å². The fourth-order valence-electron chi connectivity index (χ4n) is 1.10. The van der Waals surface area contributed by atoms with Gasteiger partial charge >= 0.3 is 0 Å². The molecule has 0 atom stereocenters. The van der Waals surface area contributed by atoms with Crippen molar-refractivity contribution in [1.82, 2.24) is 10.3 Å². The Morgan fingerprint density at radius 3 is 3.12 bits per heavy atom.